The number of anilines is 1. The number of carbonyl (C=O) groups excluding carboxylic acids is 1. The van der Waals surface area contributed by atoms with E-state index in [1.54, 1.807) is 24.3 Å². The molecule has 0 radical (unpaired) electrons. The molecule has 2 aromatic carbocycles. The van der Waals surface area contributed by atoms with Gasteiger partial charge in [-0.3, -0.25) is 9.10 Å². The standard InChI is InChI=1S/C23H29ClN2O3S/c1-4-22(26(30(3,28)29)21-13-11-20(24)12-14-21)23(27)25-16(2)18-10-9-17-7-5-6-8-19(17)15-18/h9-16,22H,4-8H2,1-3H3,(H,25,27)/t16-,22-/m1/s1. The van der Waals surface area contributed by atoms with Gasteiger partial charge in [0.1, 0.15) is 6.04 Å². The van der Waals surface area contributed by atoms with Crippen molar-refractivity contribution in [2.45, 2.75) is 58.0 Å². The Labute approximate surface area is 184 Å². The van der Waals surface area contributed by atoms with E-state index in [1.807, 2.05) is 13.8 Å². The normalized spacial score (nSPS) is 15.7. The lowest BCUT2D eigenvalue weighted by molar-refractivity contribution is -0.122. The summed E-state index contributed by atoms with van der Waals surface area (Å²) in [4.78, 5) is 13.1. The molecule has 0 fully saturated rings. The van der Waals surface area contributed by atoms with Crippen molar-refractivity contribution in [3.05, 3.63) is 64.2 Å². The maximum Gasteiger partial charge on any atom is 0.244 e. The molecule has 1 N–H and O–H groups in total. The van der Waals surface area contributed by atoms with Crippen LogP contribution in [0.5, 0.6) is 0 Å². The van der Waals surface area contributed by atoms with Crippen LogP contribution in [0.15, 0.2) is 42.5 Å². The molecule has 1 aliphatic carbocycles. The molecule has 0 aliphatic heterocycles. The fourth-order valence-electron chi connectivity index (χ4n) is 4.06. The lowest BCUT2D eigenvalue weighted by atomic mass is 9.89. The summed E-state index contributed by atoms with van der Waals surface area (Å²) in [6.45, 7) is 3.74. The lowest BCUT2D eigenvalue weighted by Gasteiger charge is -2.31. The van der Waals surface area contributed by atoms with E-state index < -0.39 is 16.1 Å². The summed E-state index contributed by atoms with van der Waals surface area (Å²) in [5.41, 5.74) is 4.20. The van der Waals surface area contributed by atoms with Crippen LogP contribution in [0.25, 0.3) is 0 Å². The number of benzene rings is 2. The van der Waals surface area contributed by atoms with E-state index in [-0.39, 0.29) is 11.9 Å². The molecule has 2 aromatic rings. The highest BCUT2D eigenvalue weighted by atomic mass is 35.5. The summed E-state index contributed by atoms with van der Waals surface area (Å²) >= 11 is 5.95. The van der Waals surface area contributed by atoms with E-state index in [9.17, 15) is 13.2 Å². The topological polar surface area (TPSA) is 66.5 Å². The number of halogens is 1. The van der Waals surface area contributed by atoms with Crippen LogP contribution in [-0.2, 0) is 27.7 Å². The molecule has 0 saturated heterocycles. The Bertz CT molecular complexity index is 1010. The molecule has 7 heteroatoms. The van der Waals surface area contributed by atoms with Crippen LogP contribution < -0.4 is 9.62 Å². The summed E-state index contributed by atoms with van der Waals surface area (Å²) in [5, 5.41) is 3.52. The third-order valence-corrected chi connectivity index (χ3v) is 7.07. The highest BCUT2D eigenvalue weighted by Crippen LogP contribution is 2.27. The van der Waals surface area contributed by atoms with Crippen molar-refractivity contribution in [3.8, 4) is 0 Å². The number of rotatable bonds is 7. The van der Waals surface area contributed by atoms with Gasteiger partial charge in [-0.15, -0.1) is 0 Å². The Morgan fingerprint density at radius 2 is 1.73 bits per heavy atom. The third-order valence-electron chi connectivity index (χ3n) is 5.64. The highest BCUT2D eigenvalue weighted by Gasteiger charge is 2.32. The molecule has 5 nitrogen and oxygen atoms in total. The minimum Gasteiger partial charge on any atom is -0.348 e. The van der Waals surface area contributed by atoms with Crippen LogP contribution in [0.3, 0.4) is 0 Å². The number of hydrogen-bond donors (Lipinski definition) is 1. The first-order valence-corrected chi connectivity index (χ1v) is 12.6. The van der Waals surface area contributed by atoms with Gasteiger partial charge in [0.15, 0.2) is 0 Å². The predicted octanol–water partition coefficient (Wildman–Crippen LogP) is 4.64. The third kappa shape index (κ3) is 5.16. The van der Waals surface area contributed by atoms with Crippen molar-refractivity contribution >= 4 is 33.2 Å². The molecular weight excluding hydrogens is 420 g/mol. The van der Waals surface area contributed by atoms with Crippen molar-refractivity contribution in [1.29, 1.82) is 0 Å². The molecule has 0 heterocycles. The van der Waals surface area contributed by atoms with Gasteiger partial charge in [-0.1, -0.05) is 36.7 Å². The number of carbonyl (C=O) groups is 1. The van der Waals surface area contributed by atoms with Crippen molar-refractivity contribution in [2.75, 3.05) is 10.6 Å². The maximum atomic E-state index is 13.1. The first-order chi connectivity index (χ1) is 14.2. The van der Waals surface area contributed by atoms with E-state index in [4.69, 9.17) is 11.6 Å². The van der Waals surface area contributed by atoms with Gasteiger partial charge in [0.2, 0.25) is 15.9 Å². The number of hydrogen-bond acceptors (Lipinski definition) is 3. The fraction of sp³-hybridized carbons (Fsp3) is 0.435. The predicted molar refractivity (Wildman–Crippen MR) is 122 cm³/mol. The lowest BCUT2D eigenvalue weighted by Crippen LogP contribution is -2.49. The summed E-state index contributed by atoms with van der Waals surface area (Å²) in [6.07, 6.45) is 6.06. The van der Waals surface area contributed by atoms with Crippen molar-refractivity contribution in [3.63, 3.8) is 0 Å². The molecule has 30 heavy (non-hydrogen) atoms. The molecule has 3 rings (SSSR count). The Balaban J connectivity index is 1.82. The average molecular weight is 449 g/mol. The summed E-state index contributed by atoms with van der Waals surface area (Å²) in [6, 6.07) is 11.8. The fourth-order valence-corrected chi connectivity index (χ4v) is 5.40. The molecule has 0 bridgehead atoms. The molecule has 0 saturated carbocycles. The Kier molecular flexibility index (Phi) is 7.09. The second kappa shape index (κ2) is 9.40. The SMILES string of the molecule is CC[C@H](C(=O)N[C@H](C)c1ccc2c(c1)CCCC2)N(c1ccc(Cl)cc1)S(C)(=O)=O. The zero-order valence-electron chi connectivity index (χ0n) is 17.7. The van der Waals surface area contributed by atoms with E-state index in [1.165, 1.54) is 28.3 Å². The minimum atomic E-state index is -3.67. The summed E-state index contributed by atoms with van der Waals surface area (Å²) < 4.78 is 26.3. The van der Waals surface area contributed by atoms with Gasteiger partial charge >= 0.3 is 0 Å². The van der Waals surface area contributed by atoms with E-state index in [0.717, 1.165) is 24.7 Å². The highest BCUT2D eigenvalue weighted by molar-refractivity contribution is 7.92. The molecular formula is C23H29ClN2O3S. The molecule has 162 valence electrons. The van der Waals surface area contributed by atoms with Crippen molar-refractivity contribution < 1.29 is 13.2 Å². The van der Waals surface area contributed by atoms with Crippen LogP contribution in [0.4, 0.5) is 5.69 Å². The maximum absolute atomic E-state index is 13.1. The van der Waals surface area contributed by atoms with Gasteiger partial charge in [0.25, 0.3) is 0 Å². The second-order valence-electron chi connectivity index (χ2n) is 7.92. The van der Waals surface area contributed by atoms with Gasteiger partial charge in [-0.05, 0) is 80.0 Å². The van der Waals surface area contributed by atoms with Gasteiger partial charge in [-0.2, -0.15) is 0 Å². The first kappa shape index (κ1) is 22.6. The van der Waals surface area contributed by atoms with Crippen LogP contribution >= 0.6 is 11.6 Å². The van der Waals surface area contributed by atoms with Gasteiger partial charge in [0.05, 0.1) is 18.0 Å². The largest absolute Gasteiger partial charge is 0.348 e. The van der Waals surface area contributed by atoms with Crippen molar-refractivity contribution in [2.24, 2.45) is 0 Å². The Hall–Kier alpha value is -2.05. The zero-order valence-corrected chi connectivity index (χ0v) is 19.3. The quantitative estimate of drug-likeness (QED) is 0.670. The number of nitrogens with zero attached hydrogens (tertiary/aromatic N) is 1. The number of fused-ring (bicyclic) bond motifs is 1. The van der Waals surface area contributed by atoms with Crippen molar-refractivity contribution in [1.82, 2.24) is 5.32 Å². The number of aryl methyl sites for hydroxylation is 2. The van der Waals surface area contributed by atoms with Gasteiger partial charge in [-0.25, -0.2) is 8.42 Å². The van der Waals surface area contributed by atoms with E-state index in [0.29, 0.717) is 17.1 Å². The van der Waals surface area contributed by atoms with Crippen LogP contribution in [0, 0.1) is 0 Å². The van der Waals surface area contributed by atoms with Gasteiger partial charge in [0, 0.05) is 5.02 Å². The van der Waals surface area contributed by atoms with Crippen LogP contribution in [0.1, 0.15) is 55.8 Å². The first-order valence-electron chi connectivity index (χ1n) is 10.4. The second-order valence-corrected chi connectivity index (χ2v) is 10.2. The zero-order chi connectivity index (χ0) is 21.9. The molecule has 1 aliphatic rings. The van der Waals surface area contributed by atoms with E-state index in [2.05, 4.69) is 23.5 Å². The number of nitrogens with one attached hydrogen (secondary N) is 1. The molecule has 0 aromatic heterocycles. The summed E-state index contributed by atoms with van der Waals surface area (Å²) in [7, 11) is -3.67. The molecule has 1 amide bonds. The Morgan fingerprint density at radius 1 is 1.10 bits per heavy atom. The minimum absolute atomic E-state index is 0.217. The van der Waals surface area contributed by atoms with Crippen LogP contribution in [-0.4, -0.2) is 26.6 Å². The Morgan fingerprint density at radius 3 is 2.33 bits per heavy atom. The number of sulfonamides is 1. The molecule has 0 spiro atoms. The smallest absolute Gasteiger partial charge is 0.244 e. The number of amides is 1. The monoisotopic (exact) mass is 448 g/mol. The van der Waals surface area contributed by atoms with Gasteiger partial charge < -0.3 is 5.32 Å². The molecule has 0 unspecified atom stereocenters. The average Bonchev–Trinajstić information content (AvgIpc) is 2.71. The summed E-state index contributed by atoms with van der Waals surface area (Å²) in [5.74, 6) is -0.317. The van der Waals surface area contributed by atoms with E-state index >= 15 is 0 Å². The molecule has 2 atom stereocenters. The van der Waals surface area contributed by atoms with Crippen LogP contribution in [0.2, 0.25) is 5.02 Å².